The lowest BCUT2D eigenvalue weighted by atomic mass is 9.93. The molecule has 1 unspecified atom stereocenters. The van der Waals surface area contributed by atoms with Crippen LogP contribution < -0.4 is 10.5 Å². The third-order valence-corrected chi connectivity index (χ3v) is 4.83. The maximum absolute atomic E-state index is 5.81. The summed E-state index contributed by atoms with van der Waals surface area (Å²) in [6.07, 6.45) is 9.03. The third-order valence-electron chi connectivity index (χ3n) is 4.83. The number of unbranched alkanes of at least 4 members (excludes halogenated alkanes) is 4. The number of nitrogens with two attached hydrogens (primary N) is 1. The first-order valence-electron chi connectivity index (χ1n) is 9.75. The molecule has 0 radical (unpaired) electrons. The lowest BCUT2D eigenvalue weighted by molar-refractivity contribution is -0.380. The number of ether oxygens (including phenoxy) is 4. The summed E-state index contributed by atoms with van der Waals surface area (Å²) in [6, 6.07) is 7.52. The van der Waals surface area contributed by atoms with E-state index in [9.17, 15) is 0 Å². The van der Waals surface area contributed by atoms with Crippen LogP contribution in [0.2, 0.25) is 0 Å². The van der Waals surface area contributed by atoms with Crippen molar-refractivity contribution in [2.45, 2.75) is 64.3 Å². The van der Waals surface area contributed by atoms with Crippen LogP contribution in [0.25, 0.3) is 0 Å². The van der Waals surface area contributed by atoms with Gasteiger partial charge in [-0.25, -0.2) is 0 Å². The summed E-state index contributed by atoms with van der Waals surface area (Å²) in [5.74, 6) is -0.0201. The maximum Gasteiger partial charge on any atom is 0.285 e. The summed E-state index contributed by atoms with van der Waals surface area (Å²) in [7, 11) is 4.92. The molecule has 0 aromatic heterocycles. The number of anilines is 1. The molecule has 0 aliphatic carbocycles. The minimum Gasteiger partial charge on any atom is -0.494 e. The predicted octanol–water partition coefficient (Wildman–Crippen LogP) is 5.00. The molecule has 150 valence electrons. The Bertz CT molecular complexity index is 469. The van der Waals surface area contributed by atoms with Crippen LogP contribution in [0.4, 0.5) is 5.69 Å². The van der Waals surface area contributed by atoms with Crippen molar-refractivity contribution >= 4 is 5.69 Å². The second-order valence-corrected chi connectivity index (χ2v) is 6.68. The van der Waals surface area contributed by atoms with Crippen LogP contribution in [-0.2, 0) is 14.2 Å². The molecule has 0 aliphatic rings. The van der Waals surface area contributed by atoms with E-state index in [1.54, 1.807) is 21.3 Å². The first-order chi connectivity index (χ1) is 12.6. The Kier molecular flexibility index (Phi) is 11.3. The molecule has 1 rings (SSSR count). The zero-order chi connectivity index (χ0) is 19.3. The first-order valence-corrected chi connectivity index (χ1v) is 9.75. The highest BCUT2D eigenvalue weighted by Gasteiger charge is 2.39. The highest BCUT2D eigenvalue weighted by Crippen LogP contribution is 2.32. The largest absolute Gasteiger partial charge is 0.494 e. The van der Waals surface area contributed by atoms with E-state index in [-0.39, 0.29) is 5.92 Å². The molecule has 0 aliphatic heterocycles. The van der Waals surface area contributed by atoms with Gasteiger partial charge in [0.2, 0.25) is 0 Å². The fraction of sp³-hybridized carbons (Fsp3) is 0.714. The molecule has 0 saturated heterocycles. The van der Waals surface area contributed by atoms with Crippen molar-refractivity contribution in [2.75, 3.05) is 33.7 Å². The first kappa shape index (κ1) is 22.7. The Morgan fingerprint density at radius 1 is 0.923 bits per heavy atom. The molecule has 1 aromatic carbocycles. The molecule has 2 N–H and O–H groups in total. The molecule has 1 atom stereocenters. The number of methoxy groups -OCH3 is 3. The average Bonchev–Trinajstić information content (AvgIpc) is 2.66. The summed E-state index contributed by atoms with van der Waals surface area (Å²) in [4.78, 5) is 0. The second-order valence-electron chi connectivity index (χ2n) is 6.68. The molecular formula is C21H37NO4. The molecule has 1 aromatic rings. The highest BCUT2D eigenvalue weighted by molar-refractivity contribution is 5.43. The van der Waals surface area contributed by atoms with Crippen LogP contribution in [-0.4, -0.2) is 33.9 Å². The number of hydrogen-bond acceptors (Lipinski definition) is 5. The van der Waals surface area contributed by atoms with Crippen LogP contribution >= 0.6 is 0 Å². The topological polar surface area (TPSA) is 62.9 Å². The Morgan fingerprint density at radius 2 is 1.58 bits per heavy atom. The Morgan fingerprint density at radius 3 is 2.19 bits per heavy atom. The zero-order valence-electron chi connectivity index (χ0n) is 17.0. The molecule has 0 heterocycles. The lowest BCUT2D eigenvalue weighted by Crippen LogP contribution is -2.44. The Hall–Kier alpha value is -1.30. The molecule has 26 heavy (non-hydrogen) atoms. The van der Waals surface area contributed by atoms with Crippen LogP contribution in [0.15, 0.2) is 24.3 Å². The maximum atomic E-state index is 5.81. The van der Waals surface area contributed by atoms with Gasteiger partial charge in [-0.3, -0.25) is 0 Å². The molecule has 0 amide bonds. The van der Waals surface area contributed by atoms with Crippen molar-refractivity contribution in [3.63, 3.8) is 0 Å². The van der Waals surface area contributed by atoms with E-state index in [1.807, 2.05) is 24.3 Å². The summed E-state index contributed by atoms with van der Waals surface area (Å²) >= 11 is 0. The van der Waals surface area contributed by atoms with Gasteiger partial charge in [-0.1, -0.05) is 45.1 Å². The number of rotatable bonds is 15. The number of hydrogen-bond donors (Lipinski definition) is 1. The van der Waals surface area contributed by atoms with Gasteiger partial charge in [0, 0.05) is 39.0 Å². The molecule has 0 spiro atoms. The van der Waals surface area contributed by atoms with E-state index in [0.717, 1.165) is 31.4 Å². The molecule has 0 fully saturated rings. The van der Waals surface area contributed by atoms with Gasteiger partial charge in [0.1, 0.15) is 5.75 Å². The highest BCUT2D eigenvalue weighted by atomic mass is 16.9. The van der Waals surface area contributed by atoms with Crippen LogP contribution in [0, 0.1) is 5.92 Å². The fourth-order valence-electron chi connectivity index (χ4n) is 3.37. The summed E-state index contributed by atoms with van der Waals surface area (Å²) in [5.41, 5.74) is 6.49. The van der Waals surface area contributed by atoms with Crippen LogP contribution in [0.5, 0.6) is 5.75 Å². The fourth-order valence-corrected chi connectivity index (χ4v) is 3.37. The molecule has 0 bridgehead atoms. The van der Waals surface area contributed by atoms with Crippen LogP contribution in [0.3, 0.4) is 0 Å². The smallest absolute Gasteiger partial charge is 0.285 e. The van der Waals surface area contributed by atoms with Gasteiger partial charge in [-0.2, -0.15) is 0 Å². The van der Waals surface area contributed by atoms with E-state index in [2.05, 4.69) is 6.92 Å². The van der Waals surface area contributed by atoms with Crippen molar-refractivity contribution in [3.05, 3.63) is 24.3 Å². The molecular weight excluding hydrogens is 330 g/mol. The summed E-state index contributed by atoms with van der Waals surface area (Å²) < 4.78 is 22.6. The zero-order valence-corrected chi connectivity index (χ0v) is 17.0. The molecule has 5 nitrogen and oxygen atoms in total. The van der Waals surface area contributed by atoms with E-state index in [0.29, 0.717) is 12.3 Å². The van der Waals surface area contributed by atoms with E-state index in [1.165, 1.54) is 25.7 Å². The minimum atomic E-state index is -0.984. The second kappa shape index (κ2) is 13.0. The van der Waals surface area contributed by atoms with Crippen molar-refractivity contribution in [2.24, 2.45) is 5.92 Å². The van der Waals surface area contributed by atoms with Gasteiger partial charge < -0.3 is 24.7 Å². The molecule has 0 saturated carbocycles. The van der Waals surface area contributed by atoms with Gasteiger partial charge in [0.15, 0.2) is 0 Å². The molecule has 5 heteroatoms. The van der Waals surface area contributed by atoms with Gasteiger partial charge in [0.05, 0.1) is 6.61 Å². The predicted molar refractivity (Wildman–Crippen MR) is 106 cm³/mol. The van der Waals surface area contributed by atoms with Crippen molar-refractivity contribution in [1.29, 1.82) is 0 Å². The normalized spacial score (nSPS) is 12.9. The van der Waals surface area contributed by atoms with E-state index < -0.39 is 5.97 Å². The number of benzene rings is 1. The monoisotopic (exact) mass is 367 g/mol. The van der Waals surface area contributed by atoms with Crippen molar-refractivity contribution < 1.29 is 18.9 Å². The van der Waals surface area contributed by atoms with Crippen molar-refractivity contribution in [1.82, 2.24) is 0 Å². The standard InChI is InChI=1S/C21H37NO4/c1-5-6-7-8-9-12-18(21(23-2,24-3)25-4)13-11-16-26-20-15-10-14-19(22)17-20/h10,14-15,17-18H,5-9,11-13,16,22H2,1-4H3. The minimum absolute atomic E-state index is 0.161. The Balaban J connectivity index is 2.52. The summed E-state index contributed by atoms with van der Waals surface area (Å²) in [6.45, 7) is 2.86. The Labute approximate surface area is 159 Å². The SMILES string of the molecule is CCCCCCCC(CCCOc1cccc(N)c1)C(OC)(OC)OC. The lowest BCUT2D eigenvalue weighted by Gasteiger charge is -2.36. The van der Waals surface area contributed by atoms with Gasteiger partial charge >= 0.3 is 0 Å². The average molecular weight is 368 g/mol. The van der Waals surface area contributed by atoms with E-state index in [4.69, 9.17) is 24.7 Å². The third kappa shape index (κ3) is 7.52. The quantitative estimate of drug-likeness (QED) is 0.268. The van der Waals surface area contributed by atoms with Crippen molar-refractivity contribution in [3.8, 4) is 5.75 Å². The van der Waals surface area contributed by atoms with E-state index >= 15 is 0 Å². The van der Waals surface area contributed by atoms with Gasteiger partial charge in [-0.15, -0.1) is 0 Å². The number of nitrogen functional groups attached to an aromatic ring is 1. The van der Waals surface area contributed by atoms with Crippen LogP contribution in [0.1, 0.15) is 58.3 Å². The van der Waals surface area contributed by atoms with Gasteiger partial charge in [0.25, 0.3) is 5.97 Å². The van der Waals surface area contributed by atoms with Gasteiger partial charge in [-0.05, 0) is 31.4 Å². The summed E-state index contributed by atoms with van der Waals surface area (Å²) in [5, 5.41) is 0.